The summed E-state index contributed by atoms with van der Waals surface area (Å²) in [7, 11) is 1.72. The van der Waals surface area contributed by atoms with Gasteiger partial charge in [-0.3, -0.25) is 4.90 Å². The molecule has 1 aromatic carbocycles. The summed E-state index contributed by atoms with van der Waals surface area (Å²) < 4.78 is 18.4. The van der Waals surface area contributed by atoms with Gasteiger partial charge in [-0.15, -0.1) is 0 Å². The van der Waals surface area contributed by atoms with E-state index < -0.39 is 0 Å². The lowest BCUT2D eigenvalue weighted by atomic mass is 10.1. The third kappa shape index (κ3) is 5.84. The third-order valence-corrected chi connectivity index (χ3v) is 4.55. The van der Waals surface area contributed by atoms with Gasteiger partial charge in [-0.25, -0.2) is 4.39 Å². The van der Waals surface area contributed by atoms with Crippen molar-refractivity contribution in [3.8, 4) is 0 Å². The topological polar surface area (TPSA) is 15.7 Å². The minimum atomic E-state index is -0.287. The van der Waals surface area contributed by atoms with Gasteiger partial charge in [0.15, 0.2) is 0 Å². The largest absolute Gasteiger partial charge is 0.383 e. The fourth-order valence-corrected chi connectivity index (χ4v) is 3.07. The first kappa shape index (κ1) is 17.7. The van der Waals surface area contributed by atoms with Crippen LogP contribution in [0.1, 0.15) is 24.8 Å². The highest BCUT2D eigenvalue weighted by Crippen LogP contribution is 2.19. The summed E-state index contributed by atoms with van der Waals surface area (Å²) in [6, 6.07) is 4.63. The number of ether oxygens (including phenoxy) is 1. The lowest BCUT2D eigenvalue weighted by molar-refractivity contribution is 0.127. The van der Waals surface area contributed by atoms with Crippen molar-refractivity contribution in [1.82, 2.24) is 9.80 Å². The minimum absolute atomic E-state index is 0.287. The summed E-state index contributed by atoms with van der Waals surface area (Å²) >= 11 is 6.15. The third-order valence-electron chi connectivity index (χ3n) is 4.20. The number of benzene rings is 1. The summed E-state index contributed by atoms with van der Waals surface area (Å²) in [5.74, 6) is -0.287. The molecule has 5 heteroatoms. The smallest absolute Gasteiger partial charge is 0.124 e. The Labute approximate surface area is 138 Å². The standard InChI is InChI=1S/C17H26ClFN2O/c1-22-12-11-21(10-9-20-7-3-2-4-8-20)14-15-5-6-16(19)13-17(15)18/h5-6,13H,2-4,7-12,14H2,1H3. The molecule has 124 valence electrons. The molecule has 0 unspecified atom stereocenters. The first-order valence-electron chi connectivity index (χ1n) is 8.06. The second-order valence-corrected chi connectivity index (χ2v) is 6.31. The Kier molecular flexibility index (Phi) is 7.60. The van der Waals surface area contributed by atoms with E-state index in [0.29, 0.717) is 11.6 Å². The van der Waals surface area contributed by atoms with Gasteiger partial charge >= 0.3 is 0 Å². The second kappa shape index (κ2) is 9.46. The van der Waals surface area contributed by atoms with Crippen LogP contribution in [-0.2, 0) is 11.3 Å². The molecule has 0 amide bonds. The number of methoxy groups -OCH3 is 1. The fourth-order valence-electron chi connectivity index (χ4n) is 2.85. The van der Waals surface area contributed by atoms with Crippen LogP contribution in [0.15, 0.2) is 18.2 Å². The molecule has 0 spiro atoms. The van der Waals surface area contributed by atoms with Crippen LogP contribution in [0.4, 0.5) is 4.39 Å². The van der Waals surface area contributed by atoms with Crippen molar-refractivity contribution in [2.75, 3.05) is 46.4 Å². The van der Waals surface area contributed by atoms with Crippen LogP contribution < -0.4 is 0 Å². The maximum Gasteiger partial charge on any atom is 0.124 e. The Hall–Kier alpha value is -0.680. The summed E-state index contributed by atoms with van der Waals surface area (Å²) in [6.07, 6.45) is 3.97. The molecule has 1 aliphatic rings. The molecule has 0 atom stereocenters. The molecule has 0 aromatic heterocycles. The van der Waals surface area contributed by atoms with Crippen LogP contribution >= 0.6 is 11.6 Å². The van der Waals surface area contributed by atoms with Gasteiger partial charge in [-0.1, -0.05) is 24.1 Å². The average Bonchev–Trinajstić information content (AvgIpc) is 2.53. The van der Waals surface area contributed by atoms with Gasteiger partial charge in [0.2, 0.25) is 0 Å². The lowest BCUT2D eigenvalue weighted by Crippen LogP contribution is -2.38. The summed E-state index contributed by atoms with van der Waals surface area (Å²) in [6.45, 7) is 6.75. The van der Waals surface area contributed by atoms with Crippen molar-refractivity contribution < 1.29 is 9.13 Å². The van der Waals surface area contributed by atoms with Crippen molar-refractivity contribution >= 4 is 11.6 Å². The van der Waals surface area contributed by atoms with Gasteiger partial charge in [0.05, 0.1) is 6.61 Å². The van der Waals surface area contributed by atoms with Gasteiger partial charge in [0.1, 0.15) is 5.82 Å². The Morgan fingerprint density at radius 1 is 1.23 bits per heavy atom. The van der Waals surface area contributed by atoms with Crippen molar-refractivity contribution in [3.05, 3.63) is 34.6 Å². The highest BCUT2D eigenvalue weighted by Gasteiger charge is 2.13. The molecule has 22 heavy (non-hydrogen) atoms. The van der Waals surface area contributed by atoms with E-state index >= 15 is 0 Å². The molecule has 1 aliphatic heterocycles. The van der Waals surface area contributed by atoms with Crippen molar-refractivity contribution in [1.29, 1.82) is 0 Å². The number of rotatable bonds is 8. The molecule has 1 saturated heterocycles. The Morgan fingerprint density at radius 3 is 2.68 bits per heavy atom. The highest BCUT2D eigenvalue weighted by atomic mass is 35.5. The van der Waals surface area contributed by atoms with E-state index in [1.54, 1.807) is 13.2 Å². The van der Waals surface area contributed by atoms with Crippen LogP contribution in [-0.4, -0.2) is 56.2 Å². The van der Waals surface area contributed by atoms with Crippen molar-refractivity contribution in [2.45, 2.75) is 25.8 Å². The van der Waals surface area contributed by atoms with E-state index in [-0.39, 0.29) is 5.82 Å². The zero-order valence-electron chi connectivity index (χ0n) is 13.4. The molecule has 1 fully saturated rings. The predicted octanol–water partition coefficient (Wildman–Crippen LogP) is 3.41. The average molecular weight is 329 g/mol. The van der Waals surface area contributed by atoms with Crippen molar-refractivity contribution in [2.24, 2.45) is 0 Å². The summed E-state index contributed by atoms with van der Waals surface area (Å²) in [5, 5.41) is 0.500. The zero-order chi connectivity index (χ0) is 15.8. The number of hydrogen-bond donors (Lipinski definition) is 0. The molecule has 0 saturated carbocycles. The number of halogens is 2. The van der Waals surface area contributed by atoms with Gasteiger partial charge in [0, 0.05) is 38.3 Å². The molecule has 0 bridgehead atoms. The normalized spacial score (nSPS) is 16.4. The van der Waals surface area contributed by atoms with E-state index in [0.717, 1.165) is 31.7 Å². The predicted molar refractivity (Wildman–Crippen MR) is 88.9 cm³/mol. The Balaban J connectivity index is 1.89. The van der Waals surface area contributed by atoms with E-state index in [2.05, 4.69) is 9.80 Å². The molecule has 0 N–H and O–H groups in total. The van der Waals surface area contributed by atoms with Gasteiger partial charge in [-0.05, 0) is 43.6 Å². The van der Waals surface area contributed by atoms with E-state index in [1.807, 2.05) is 0 Å². The van der Waals surface area contributed by atoms with E-state index in [4.69, 9.17) is 16.3 Å². The van der Waals surface area contributed by atoms with E-state index in [1.165, 1.54) is 44.5 Å². The first-order chi connectivity index (χ1) is 10.7. The lowest BCUT2D eigenvalue weighted by Gasteiger charge is -2.30. The first-order valence-corrected chi connectivity index (χ1v) is 8.44. The van der Waals surface area contributed by atoms with Crippen LogP contribution in [0.3, 0.4) is 0 Å². The quantitative estimate of drug-likeness (QED) is 0.727. The summed E-state index contributed by atoms with van der Waals surface area (Å²) in [4.78, 5) is 4.85. The molecule has 1 aromatic rings. The second-order valence-electron chi connectivity index (χ2n) is 5.91. The van der Waals surface area contributed by atoms with Crippen molar-refractivity contribution in [3.63, 3.8) is 0 Å². The number of hydrogen-bond acceptors (Lipinski definition) is 3. The molecule has 0 aliphatic carbocycles. The Morgan fingerprint density at radius 2 is 2.00 bits per heavy atom. The van der Waals surface area contributed by atoms with Crippen LogP contribution in [0.2, 0.25) is 5.02 Å². The van der Waals surface area contributed by atoms with Gasteiger partial charge in [0.25, 0.3) is 0 Å². The summed E-state index contributed by atoms with van der Waals surface area (Å²) in [5.41, 5.74) is 0.970. The van der Waals surface area contributed by atoms with Gasteiger partial charge in [-0.2, -0.15) is 0 Å². The maximum atomic E-state index is 13.2. The maximum absolute atomic E-state index is 13.2. The molecule has 1 heterocycles. The zero-order valence-corrected chi connectivity index (χ0v) is 14.1. The molecule has 3 nitrogen and oxygen atoms in total. The molecular weight excluding hydrogens is 303 g/mol. The highest BCUT2D eigenvalue weighted by molar-refractivity contribution is 6.31. The van der Waals surface area contributed by atoms with Crippen LogP contribution in [0, 0.1) is 5.82 Å². The molecule has 2 rings (SSSR count). The van der Waals surface area contributed by atoms with Gasteiger partial charge < -0.3 is 9.64 Å². The number of piperidine rings is 1. The number of likely N-dealkylation sites (tertiary alicyclic amines) is 1. The van der Waals surface area contributed by atoms with Crippen LogP contribution in [0.5, 0.6) is 0 Å². The minimum Gasteiger partial charge on any atom is -0.383 e. The molecule has 0 radical (unpaired) electrons. The fraction of sp³-hybridized carbons (Fsp3) is 0.647. The monoisotopic (exact) mass is 328 g/mol. The number of nitrogens with zero attached hydrogens (tertiary/aromatic N) is 2. The SMILES string of the molecule is COCCN(CCN1CCCCC1)Cc1ccc(F)cc1Cl. The van der Waals surface area contributed by atoms with E-state index in [9.17, 15) is 4.39 Å². The molecular formula is C17H26ClFN2O. The Bertz CT molecular complexity index is 452. The van der Waals surface area contributed by atoms with Crippen LogP contribution in [0.25, 0.3) is 0 Å².